The standard InChI is InChI=1S/C9H9N3O4S/c13-17(14,15)6-5-12-4-2-8(7-10-12)9-1-3-11-16-9/h1-4,7H,5-6H2/p+1. The molecule has 2 heterocycles. The molecule has 7 nitrogen and oxygen atoms in total. The monoisotopic (exact) mass is 256 g/mol. The second kappa shape index (κ2) is 4.60. The third kappa shape index (κ3) is 3.33. The van der Waals surface area contributed by atoms with Crippen LogP contribution in [-0.2, 0) is 16.7 Å². The SMILES string of the molecule is O=S(=O)(O)CC[n+]1ccc(-c2ccno2)cn1. The molecule has 0 aliphatic carbocycles. The zero-order valence-corrected chi connectivity index (χ0v) is 9.54. The maximum absolute atomic E-state index is 10.5. The molecule has 0 radical (unpaired) electrons. The molecule has 0 aromatic carbocycles. The van der Waals surface area contributed by atoms with E-state index >= 15 is 0 Å². The number of rotatable bonds is 4. The number of aryl methyl sites for hydroxylation is 1. The predicted octanol–water partition coefficient (Wildman–Crippen LogP) is -0.0881. The Morgan fingerprint density at radius 2 is 2.24 bits per heavy atom. The first kappa shape index (κ1) is 11.7. The largest absolute Gasteiger partial charge is 0.356 e. The summed E-state index contributed by atoms with van der Waals surface area (Å²) >= 11 is 0. The minimum atomic E-state index is -3.97. The van der Waals surface area contributed by atoms with Crippen molar-refractivity contribution < 1.29 is 22.2 Å². The van der Waals surface area contributed by atoms with Crippen LogP contribution in [0.3, 0.4) is 0 Å². The van der Waals surface area contributed by atoms with E-state index in [9.17, 15) is 8.42 Å². The van der Waals surface area contributed by atoms with Gasteiger partial charge in [0.05, 0.1) is 11.8 Å². The van der Waals surface area contributed by atoms with Gasteiger partial charge in [-0.05, 0) is 5.10 Å². The Bertz CT molecular complexity index is 577. The fraction of sp³-hybridized carbons (Fsp3) is 0.222. The van der Waals surface area contributed by atoms with Crippen LogP contribution in [0.5, 0.6) is 0 Å². The van der Waals surface area contributed by atoms with E-state index in [2.05, 4.69) is 10.3 Å². The van der Waals surface area contributed by atoms with Crippen molar-refractivity contribution in [1.82, 2.24) is 10.3 Å². The second-order valence-corrected chi connectivity index (χ2v) is 4.91. The zero-order chi connectivity index (χ0) is 12.3. The first-order valence-corrected chi connectivity index (χ1v) is 6.37. The molecule has 0 bridgehead atoms. The Kier molecular flexibility index (Phi) is 3.16. The van der Waals surface area contributed by atoms with Crippen LogP contribution in [-0.4, -0.2) is 29.0 Å². The highest BCUT2D eigenvalue weighted by Gasteiger charge is 2.11. The van der Waals surface area contributed by atoms with Gasteiger partial charge >= 0.3 is 0 Å². The van der Waals surface area contributed by atoms with E-state index in [1.807, 2.05) is 0 Å². The van der Waals surface area contributed by atoms with Crippen molar-refractivity contribution in [2.45, 2.75) is 6.54 Å². The van der Waals surface area contributed by atoms with Crippen LogP contribution in [0.1, 0.15) is 0 Å². The van der Waals surface area contributed by atoms with Gasteiger partial charge in [0.25, 0.3) is 10.1 Å². The minimum absolute atomic E-state index is 0.0928. The first-order chi connectivity index (χ1) is 8.04. The molecule has 2 aromatic rings. The van der Waals surface area contributed by atoms with Crippen molar-refractivity contribution in [3.63, 3.8) is 0 Å². The molecule has 0 saturated heterocycles. The molecule has 8 heteroatoms. The van der Waals surface area contributed by atoms with Gasteiger partial charge in [0.1, 0.15) is 11.9 Å². The molecule has 1 N–H and O–H groups in total. The Morgan fingerprint density at radius 1 is 1.41 bits per heavy atom. The molecule has 2 aromatic heterocycles. The van der Waals surface area contributed by atoms with Crippen LogP contribution in [0, 0.1) is 0 Å². The summed E-state index contributed by atoms with van der Waals surface area (Å²) < 4.78 is 36.0. The van der Waals surface area contributed by atoms with Crippen LogP contribution < -0.4 is 4.68 Å². The molecular weight excluding hydrogens is 246 g/mol. The van der Waals surface area contributed by atoms with Crippen molar-refractivity contribution in [2.24, 2.45) is 0 Å². The number of aromatic nitrogens is 3. The van der Waals surface area contributed by atoms with Crippen LogP contribution in [0.2, 0.25) is 0 Å². The highest BCUT2D eigenvalue weighted by Crippen LogP contribution is 2.14. The van der Waals surface area contributed by atoms with Crippen LogP contribution >= 0.6 is 0 Å². The van der Waals surface area contributed by atoms with E-state index in [1.165, 1.54) is 17.1 Å². The maximum Gasteiger partial charge on any atom is 0.271 e. The zero-order valence-electron chi connectivity index (χ0n) is 8.72. The van der Waals surface area contributed by atoms with E-state index < -0.39 is 10.1 Å². The lowest BCUT2D eigenvalue weighted by atomic mass is 10.2. The number of hydrogen-bond donors (Lipinski definition) is 1. The predicted molar refractivity (Wildman–Crippen MR) is 56.3 cm³/mol. The van der Waals surface area contributed by atoms with Gasteiger partial charge < -0.3 is 4.52 Å². The lowest BCUT2D eigenvalue weighted by molar-refractivity contribution is -0.750. The molecule has 17 heavy (non-hydrogen) atoms. The molecular formula is C9H10N3O4S+. The minimum Gasteiger partial charge on any atom is -0.356 e. The Balaban J connectivity index is 2.09. The summed E-state index contributed by atoms with van der Waals surface area (Å²) in [5, 5.41) is 7.56. The maximum atomic E-state index is 10.5. The summed E-state index contributed by atoms with van der Waals surface area (Å²) in [6, 6.07) is 3.41. The van der Waals surface area contributed by atoms with E-state index in [0.717, 1.165) is 5.56 Å². The van der Waals surface area contributed by atoms with Crippen LogP contribution in [0.15, 0.2) is 35.2 Å². The molecule has 2 rings (SSSR count). The average molecular weight is 256 g/mol. The summed E-state index contributed by atoms with van der Waals surface area (Å²) in [5.74, 6) is 0.214. The fourth-order valence-electron chi connectivity index (χ4n) is 1.24. The summed E-state index contributed by atoms with van der Waals surface area (Å²) in [7, 11) is -3.97. The Morgan fingerprint density at radius 3 is 2.76 bits per heavy atom. The van der Waals surface area contributed by atoms with Gasteiger partial charge in [-0.25, -0.2) is 0 Å². The summed E-state index contributed by atoms with van der Waals surface area (Å²) in [4.78, 5) is 0. The lowest BCUT2D eigenvalue weighted by Crippen LogP contribution is -2.40. The molecule has 0 spiro atoms. The highest BCUT2D eigenvalue weighted by atomic mass is 32.2. The second-order valence-electron chi connectivity index (χ2n) is 3.34. The van der Waals surface area contributed by atoms with Gasteiger partial charge in [0, 0.05) is 12.1 Å². The van der Waals surface area contributed by atoms with Crippen molar-refractivity contribution >= 4 is 10.1 Å². The summed E-state index contributed by atoms with van der Waals surface area (Å²) in [6.07, 6.45) is 4.66. The third-order valence-corrected chi connectivity index (χ3v) is 2.77. The van der Waals surface area contributed by atoms with Gasteiger partial charge in [-0.3, -0.25) is 4.55 Å². The highest BCUT2D eigenvalue weighted by molar-refractivity contribution is 7.85. The van der Waals surface area contributed by atoms with Gasteiger partial charge in [-0.1, -0.05) is 9.84 Å². The molecule has 90 valence electrons. The van der Waals surface area contributed by atoms with Gasteiger partial charge in [-0.15, -0.1) is 0 Å². The van der Waals surface area contributed by atoms with Crippen molar-refractivity contribution in [2.75, 3.05) is 5.75 Å². The number of nitrogens with zero attached hydrogens (tertiary/aromatic N) is 3. The molecule has 0 fully saturated rings. The van der Waals surface area contributed by atoms with E-state index in [0.29, 0.717) is 5.76 Å². The Labute approximate surface area is 97.4 Å². The van der Waals surface area contributed by atoms with E-state index in [-0.39, 0.29) is 12.3 Å². The normalized spacial score (nSPS) is 11.6. The molecule has 0 aliphatic rings. The molecule has 0 amide bonds. The van der Waals surface area contributed by atoms with Gasteiger partial charge in [-0.2, -0.15) is 8.42 Å². The molecule has 0 saturated carbocycles. The number of hydrogen-bond acceptors (Lipinski definition) is 5. The van der Waals surface area contributed by atoms with E-state index in [4.69, 9.17) is 9.08 Å². The summed E-state index contributed by atoms with van der Waals surface area (Å²) in [5.41, 5.74) is 0.741. The quantitative estimate of drug-likeness (QED) is 0.606. The van der Waals surface area contributed by atoms with Crippen LogP contribution in [0.25, 0.3) is 11.3 Å². The molecule has 0 aliphatic heterocycles. The van der Waals surface area contributed by atoms with Crippen molar-refractivity contribution in [1.29, 1.82) is 0 Å². The topological polar surface area (TPSA) is 97.2 Å². The van der Waals surface area contributed by atoms with Crippen molar-refractivity contribution in [3.8, 4) is 11.3 Å². The molecule has 0 atom stereocenters. The van der Waals surface area contributed by atoms with Gasteiger partial charge in [0.15, 0.2) is 18.5 Å². The third-order valence-electron chi connectivity index (χ3n) is 2.07. The average Bonchev–Trinajstić information content (AvgIpc) is 2.79. The van der Waals surface area contributed by atoms with Gasteiger partial charge in [0.2, 0.25) is 0 Å². The van der Waals surface area contributed by atoms with Crippen molar-refractivity contribution in [3.05, 3.63) is 30.7 Å². The molecule has 0 unspecified atom stereocenters. The smallest absolute Gasteiger partial charge is 0.271 e. The fourth-order valence-corrected chi connectivity index (χ4v) is 1.65. The van der Waals surface area contributed by atoms with Crippen LogP contribution in [0.4, 0.5) is 0 Å². The lowest BCUT2D eigenvalue weighted by Gasteiger charge is -1.94. The summed E-state index contributed by atoms with van der Waals surface area (Å²) in [6.45, 7) is 0.0928. The van der Waals surface area contributed by atoms with E-state index in [1.54, 1.807) is 18.3 Å². The Hall–Kier alpha value is -1.80. The first-order valence-electron chi connectivity index (χ1n) is 4.76.